The first-order valence-corrected chi connectivity index (χ1v) is 8.33. The van der Waals surface area contributed by atoms with Crippen molar-refractivity contribution in [2.75, 3.05) is 0 Å². The van der Waals surface area contributed by atoms with Crippen LogP contribution in [-0.2, 0) is 19.2 Å². The summed E-state index contributed by atoms with van der Waals surface area (Å²) in [5.74, 6) is 1.17. The fourth-order valence-electron chi connectivity index (χ4n) is 5.20. The highest BCUT2D eigenvalue weighted by Crippen LogP contribution is 2.60. The lowest BCUT2D eigenvalue weighted by atomic mass is 9.57. The molecule has 0 aromatic carbocycles. The third-order valence-electron chi connectivity index (χ3n) is 6.44. The Morgan fingerprint density at radius 2 is 1.90 bits per heavy atom. The Kier molecular flexibility index (Phi) is 3.07. The third-order valence-corrected chi connectivity index (χ3v) is 6.44. The molecule has 0 aromatic heterocycles. The summed E-state index contributed by atoms with van der Waals surface area (Å²) in [6, 6.07) is 0. The molecule has 4 nitrogen and oxygen atoms in total. The third kappa shape index (κ3) is 1.76. The first kappa shape index (κ1) is 14.2. The van der Waals surface area contributed by atoms with Crippen molar-refractivity contribution in [2.24, 2.45) is 23.7 Å². The molecule has 5 aliphatic rings. The quantitative estimate of drug-likeness (QED) is 0.548. The molecule has 4 heteroatoms. The summed E-state index contributed by atoms with van der Waals surface area (Å²) in [5.41, 5.74) is -0.438. The SMILES string of the molecule is C=C[C@H]1O[C@@H]2O[C@@]3(C)CC[C@H]4[C@@H](C)CC[C@@H]([C@H]1C)[C@@]24OO3. The van der Waals surface area contributed by atoms with Crippen LogP contribution in [0.4, 0.5) is 0 Å². The van der Waals surface area contributed by atoms with Crippen molar-refractivity contribution < 1.29 is 19.2 Å². The smallest absolute Gasteiger partial charge is 0.201 e. The second-order valence-corrected chi connectivity index (χ2v) is 7.61. The van der Waals surface area contributed by atoms with Crippen LogP contribution < -0.4 is 0 Å². The molecule has 2 bridgehead atoms. The minimum absolute atomic E-state index is 0.0335. The highest BCUT2D eigenvalue weighted by Gasteiger charge is 2.68. The molecule has 0 radical (unpaired) electrons. The largest absolute Gasteiger partial charge is 0.342 e. The van der Waals surface area contributed by atoms with E-state index in [-0.39, 0.29) is 12.4 Å². The van der Waals surface area contributed by atoms with E-state index >= 15 is 0 Å². The molecule has 1 aliphatic carbocycles. The van der Waals surface area contributed by atoms with Crippen molar-refractivity contribution in [3.8, 4) is 0 Å². The first-order chi connectivity index (χ1) is 10.00. The van der Waals surface area contributed by atoms with E-state index in [0.717, 1.165) is 19.3 Å². The molecule has 118 valence electrons. The number of fused-ring (bicyclic) bond motifs is 2. The average Bonchev–Trinajstić information content (AvgIpc) is 2.69. The van der Waals surface area contributed by atoms with Crippen molar-refractivity contribution in [3.63, 3.8) is 0 Å². The molecule has 5 fully saturated rings. The maximum Gasteiger partial charge on any atom is 0.201 e. The topological polar surface area (TPSA) is 36.9 Å². The zero-order valence-corrected chi connectivity index (χ0v) is 13.2. The summed E-state index contributed by atoms with van der Waals surface area (Å²) in [5, 5.41) is 0. The molecule has 4 heterocycles. The number of hydrogen-bond donors (Lipinski definition) is 0. The van der Waals surface area contributed by atoms with Gasteiger partial charge in [0.25, 0.3) is 0 Å². The Bertz CT molecular complexity index is 452. The molecule has 5 rings (SSSR count). The Labute approximate surface area is 126 Å². The summed E-state index contributed by atoms with van der Waals surface area (Å²) in [7, 11) is 0. The monoisotopic (exact) mass is 294 g/mol. The van der Waals surface area contributed by atoms with Crippen molar-refractivity contribution in [2.45, 2.75) is 70.2 Å². The molecule has 1 spiro atoms. The summed E-state index contributed by atoms with van der Waals surface area (Å²) in [6.07, 6.45) is 5.95. The predicted octanol–water partition coefficient (Wildman–Crippen LogP) is 3.42. The fraction of sp³-hybridized carbons (Fsp3) is 0.882. The van der Waals surface area contributed by atoms with Gasteiger partial charge in [-0.1, -0.05) is 19.9 Å². The molecule has 4 aliphatic heterocycles. The van der Waals surface area contributed by atoms with Gasteiger partial charge in [-0.2, -0.15) is 0 Å². The van der Waals surface area contributed by atoms with Gasteiger partial charge in [0.1, 0.15) is 0 Å². The summed E-state index contributed by atoms with van der Waals surface area (Å²) in [4.78, 5) is 11.8. The van der Waals surface area contributed by atoms with Gasteiger partial charge in [-0.3, -0.25) is 0 Å². The second kappa shape index (κ2) is 4.54. The van der Waals surface area contributed by atoms with Crippen molar-refractivity contribution >= 4 is 0 Å². The molecule has 0 N–H and O–H groups in total. The van der Waals surface area contributed by atoms with Gasteiger partial charge in [-0.25, -0.2) is 9.78 Å². The summed E-state index contributed by atoms with van der Waals surface area (Å²) < 4.78 is 12.5. The fourth-order valence-corrected chi connectivity index (χ4v) is 5.20. The van der Waals surface area contributed by atoms with Crippen LogP contribution >= 0.6 is 0 Å². The molecule has 4 saturated heterocycles. The zero-order chi connectivity index (χ0) is 14.8. The predicted molar refractivity (Wildman–Crippen MR) is 77.0 cm³/mol. The van der Waals surface area contributed by atoms with Crippen LogP contribution in [0.5, 0.6) is 0 Å². The number of rotatable bonds is 1. The Hall–Kier alpha value is -0.420. The molecule has 8 atom stereocenters. The highest BCUT2D eigenvalue weighted by molar-refractivity contribution is 5.11. The molecule has 21 heavy (non-hydrogen) atoms. The molecular weight excluding hydrogens is 268 g/mol. The van der Waals surface area contributed by atoms with E-state index in [1.54, 1.807) is 0 Å². The van der Waals surface area contributed by atoms with Gasteiger partial charge in [0.05, 0.1) is 6.10 Å². The van der Waals surface area contributed by atoms with Crippen LogP contribution in [0.3, 0.4) is 0 Å². The molecular formula is C17H26O4. The summed E-state index contributed by atoms with van der Waals surface area (Å²) in [6.45, 7) is 10.5. The van der Waals surface area contributed by atoms with E-state index < -0.39 is 11.4 Å². The van der Waals surface area contributed by atoms with Crippen molar-refractivity contribution in [1.29, 1.82) is 0 Å². The number of hydrogen-bond acceptors (Lipinski definition) is 4. The highest BCUT2D eigenvalue weighted by atomic mass is 17.3. The Morgan fingerprint density at radius 3 is 2.67 bits per heavy atom. The van der Waals surface area contributed by atoms with Gasteiger partial charge in [0.2, 0.25) is 5.79 Å². The Morgan fingerprint density at radius 1 is 1.10 bits per heavy atom. The standard InChI is InChI=1S/C17H26O4/c1-5-14-11(3)13-7-6-10(2)12-8-9-16(4)19-15(18-14)17(12,13)21-20-16/h5,10-15H,1,6-9H2,2-4H3/t10-,11+,12-,13-,14+,15+,16+,17+/m0/s1. The maximum absolute atomic E-state index is 6.26. The number of ether oxygens (including phenoxy) is 2. The van der Waals surface area contributed by atoms with E-state index in [2.05, 4.69) is 20.4 Å². The van der Waals surface area contributed by atoms with Crippen molar-refractivity contribution in [1.82, 2.24) is 0 Å². The van der Waals surface area contributed by atoms with E-state index in [1.165, 1.54) is 6.42 Å². The Balaban J connectivity index is 1.81. The van der Waals surface area contributed by atoms with Gasteiger partial charge in [0.15, 0.2) is 11.9 Å². The minimum atomic E-state index is -0.677. The van der Waals surface area contributed by atoms with E-state index in [1.807, 2.05) is 13.0 Å². The van der Waals surface area contributed by atoms with Crippen LogP contribution in [0.1, 0.15) is 46.5 Å². The molecule has 0 amide bonds. The van der Waals surface area contributed by atoms with Crippen LogP contribution in [0, 0.1) is 23.7 Å². The zero-order valence-electron chi connectivity index (χ0n) is 13.2. The van der Waals surface area contributed by atoms with E-state index in [0.29, 0.717) is 23.7 Å². The lowest BCUT2D eigenvalue weighted by molar-refractivity contribution is -0.569. The van der Waals surface area contributed by atoms with Gasteiger partial charge in [0, 0.05) is 12.3 Å². The van der Waals surface area contributed by atoms with Gasteiger partial charge < -0.3 is 9.47 Å². The van der Waals surface area contributed by atoms with Gasteiger partial charge in [-0.15, -0.1) is 6.58 Å². The second-order valence-electron chi connectivity index (χ2n) is 7.61. The molecule has 1 saturated carbocycles. The minimum Gasteiger partial charge on any atom is -0.342 e. The van der Waals surface area contributed by atoms with Crippen LogP contribution in [-0.4, -0.2) is 23.8 Å². The van der Waals surface area contributed by atoms with Crippen LogP contribution in [0.2, 0.25) is 0 Å². The molecule has 0 aromatic rings. The first-order valence-electron chi connectivity index (χ1n) is 8.33. The van der Waals surface area contributed by atoms with Crippen LogP contribution in [0.15, 0.2) is 12.7 Å². The van der Waals surface area contributed by atoms with Gasteiger partial charge in [-0.05, 0) is 43.9 Å². The molecule has 0 unspecified atom stereocenters. The maximum atomic E-state index is 6.26. The lowest BCUT2D eigenvalue weighted by Gasteiger charge is -2.60. The average molecular weight is 294 g/mol. The van der Waals surface area contributed by atoms with Crippen LogP contribution in [0.25, 0.3) is 0 Å². The lowest BCUT2D eigenvalue weighted by Crippen LogP contribution is -2.70. The van der Waals surface area contributed by atoms with E-state index in [4.69, 9.17) is 19.2 Å². The van der Waals surface area contributed by atoms with E-state index in [9.17, 15) is 0 Å². The van der Waals surface area contributed by atoms with Gasteiger partial charge >= 0.3 is 0 Å². The van der Waals surface area contributed by atoms with Crippen molar-refractivity contribution in [3.05, 3.63) is 12.7 Å². The summed E-state index contributed by atoms with van der Waals surface area (Å²) >= 11 is 0. The normalized spacial score (nSPS) is 59.2.